The Balaban J connectivity index is 2.76. The van der Waals surface area contributed by atoms with Crippen LogP contribution in [0.15, 0.2) is 29.6 Å². The molecule has 0 unspecified atom stereocenters. The van der Waals surface area contributed by atoms with Gasteiger partial charge < -0.3 is 0 Å². The van der Waals surface area contributed by atoms with E-state index in [-0.39, 0.29) is 6.61 Å². The van der Waals surface area contributed by atoms with Gasteiger partial charge in [-0.1, -0.05) is 18.2 Å². The molecule has 0 atom stereocenters. The Hall–Kier alpha value is -0.860. The van der Waals surface area contributed by atoms with Gasteiger partial charge in [-0.05, 0) is 22.4 Å². The zero-order chi connectivity index (χ0) is 7.68. The molecule has 0 bridgehead atoms. The van der Waals surface area contributed by atoms with Gasteiger partial charge in [-0.3, -0.25) is 0 Å². The average molecular weight is 163 g/mol. The van der Waals surface area contributed by atoms with Crippen LogP contribution >= 0.6 is 11.3 Å². The number of thiophene rings is 1. The summed E-state index contributed by atoms with van der Waals surface area (Å²) in [6.45, 7) is -0.107. The zero-order valence-corrected chi connectivity index (χ0v) is 6.73. The van der Waals surface area contributed by atoms with Gasteiger partial charge in [0.2, 0.25) is 0 Å². The highest BCUT2D eigenvalue weighted by atomic mass is 32.1. The van der Waals surface area contributed by atoms with Crippen molar-refractivity contribution < 1.29 is 5.11 Å². The third kappa shape index (κ3) is 1.04. The van der Waals surface area contributed by atoms with E-state index >= 15 is 0 Å². The van der Waals surface area contributed by atoms with E-state index in [9.17, 15) is 5.11 Å². The molecular formula is C9H7OS. The van der Waals surface area contributed by atoms with Gasteiger partial charge in [-0.25, -0.2) is 5.11 Å². The van der Waals surface area contributed by atoms with Crippen LogP contribution in [0.4, 0.5) is 0 Å². The minimum Gasteiger partial charge on any atom is -0.232 e. The second-order valence-electron chi connectivity index (χ2n) is 2.40. The molecule has 2 heteroatoms. The predicted octanol–water partition coefficient (Wildman–Crippen LogP) is 2.83. The van der Waals surface area contributed by atoms with Crippen LogP contribution in [-0.4, -0.2) is 0 Å². The molecule has 0 spiro atoms. The minimum atomic E-state index is -0.107. The number of hydrogen-bond donors (Lipinski definition) is 0. The van der Waals surface area contributed by atoms with Crippen molar-refractivity contribution in [1.29, 1.82) is 0 Å². The van der Waals surface area contributed by atoms with Crippen molar-refractivity contribution in [3.05, 3.63) is 35.2 Å². The van der Waals surface area contributed by atoms with Crippen molar-refractivity contribution in [2.45, 2.75) is 6.61 Å². The molecule has 0 aliphatic carbocycles. The fourth-order valence-electron chi connectivity index (χ4n) is 1.14. The Bertz CT molecular complexity index is 364. The maximum atomic E-state index is 10.6. The molecule has 55 valence electrons. The fourth-order valence-corrected chi connectivity index (χ4v) is 2.09. The predicted molar refractivity (Wildman–Crippen MR) is 46.2 cm³/mol. The summed E-state index contributed by atoms with van der Waals surface area (Å²) in [5.41, 5.74) is 0.922. The molecule has 1 aromatic heterocycles. The number of rotatable bonds is 1. The van der Waals surface area contributed by atoms with Gasteiger partial charge in [0, 0.05) is 4.70 Å². The molecule has 1 heterocycles. The molecule has 0 aliphatic heterocycles. The number of hydrogen-bond acceptors (Lipinski definition) is 1. The molecule has 0 saturated carbocycles. The molecule has 1 radical (unpaired) electrons. The molecule has 11 heavy (non-hydrogen) atoms. The summed E-state index contributed by atoms with van der Waals surface area (Å²) in [6, 6.07) is 8.00. The van der Waals surface area contributed by atoms with Gasteiger partial charge >= 0.3 is 0 Å². The highest BCUT2D eigenvalue weighted by molar-refractivity contribution is 7.17. The first-order valence-corrected chi connectivity index (χ1v) is 4.33. The van der Waals surface area contributed by atoms with E-state index in [1.807, 2.05) is 29.6 Å². The molecule has 0 N–H and O–H groups in total. The van der Waals surface area contributed by atoms with E-state index in [4.69, 9.17) is 0 Å². The Morgan fingerprint density at radius 2 is 2.09 bits per heavy atom. The molecule has 2 aromatic rings. The second-order valence-corrected chi connectivity index (χ2v) is 3.31. The first-order chi connectivity index (χ1) is 5.42. The van der Waals surface area contributed by atoms with Gasteiger partial charge in [0.05, 0.1) is 0 Å². The lowest BCUT2D eigenvalue weighted by atomic mass is 10.2. The first-order valence-electron chi connectivity index (χ1n) is 3.45. The van der Waals surface area contributed by atoms with Crippen LogP contribution in [-0.2, 0) is 11.7 Å². The highest BCUT2D eigenvalue weighted by Crippen LogP contribution is 2.25. The standard InChI is InChI=1S/C9H7OS/c10-5-7-6-11-9-4-2-1-3-8(7)9/h1-4,6H,5H2. The third-order valence-corrected chi connectivity index (χ3v) is 2.73. The number of fused-ring (bicyclic) bond motifs is 1. The summed E-state index contributed by atoms with van der Waals surface area (Å²) < 4.78 is 1.21. The zero-order valence-electron chi connectivity index (χ0n) is 5.91. The highest BCUT2D eigenvalue weighted by Gasteiger charge is 2.00. The summed E-state index contributed by atoms with van der Waals surface area (Å²) in [4.78, 5) is 0. The van der Waals surface area contributed by atoms with Crippen LogP contribution in [0.1, 0.15) is 5.56 Å². The lowest BCUT2D eigenvalue weighted by molar-refractivity contribution is 0.179. The van der Waals surface area contributed by atoms with Gasteiger partial charge in [-0.2, -0.15) is 0 Å². The third-order valence-electron chi connectivity index (χ3n) is 1.72. The maximum Gasteiger partial charge on any atom is 0.109 e. The van der Waals surface area contributed by atoms with Crippen LogP contribution < -0.4 is 0 Å². The first kappa shape index (κ1) is 6.83. The lowest BCUT2D eigenvalue weighted by Gasteiger charge is -1.89. The van der Waals surface area contributed by atoms with E-state index in [1.54, 1.807) is 11.3 Å². The molecule has 0 amide bonds. The Labute approximate surface area is 68.9 Å². The smallest absolute Gasteiger partial charge is 0.109 e. The van der Waals surface area contributed by atoms with Gasteiger partial charge in [0.1, 0.15) is 6.61 Å². The van der Waals surface area contributed by atoms with Crippen molar-refractivity contribution in [2.75, 3.05) is 0 Å². The van der Waals surface area contributed by atoms with Crippen LogP contribution in [0.3, 0.4) is 0 Å². The molecule has 0 fully saturated rings. The van der Waals surface area contributed by atoms with E-state index < -0.39 is 0 Å². The van der Waals surface area contributed by atoms with E-state index in [0.29, 0.717) is 0 Å². The molecule has 0 saturated heterocycles. The Kier molecular flexibility index (Phi) is 1.64. The topological polar surface area (TPSA) is 19.9 Å². The summed E-state index contributed by atoms with van der Waals surface area (Å²) in [5.74, 6) is 0. The molecule has 2 rings (SSSR count). The Morgan fingerprint density at radius 3 is 2.91 bits per heavy atom. The van der Waals surface area contributed by atoms with Crippen LogP contribution in [0, 0.1) is 0 Å². The van der Waals surface area contributed by atoms with Gasteiger partial charge in [-0.15, -0.1) is 11.3 Å². The SMILES string of the molecule is [O]Cc1csc2ccccc12. The van der Waals surface area contributed by atoms with E-state index in [1.165, 1.54) is 4.70 Å². The van der Waals surface area contributed by atoms with Crippen molar-refractivity contribution >= 4 is 21.4 Å². The quantitative estimate of drug-likeness (QED) is 0.616. The van der Waals surface area contributed by atoms with Crippen LogP contribution in [0.2, 0.25) is 0 Å². The molecular weight excluding hydrogens is 156 g/mol. The van der Waals surface area contributed by atoms with Crippen molar-refractivity contribution in [2.24, 2.45) is 0 Å². The summed E-state index contributed by atoms with van der Waals surface area (Å²) >= 11 is 1.64. The monoisotopic (exact) mass is 163 g/mol. The van der Waals surface area contributed by atoms with Crippen LogP contribution in [0.5, 0.6) is 0 Å². The maximum absolute atomic E-state index is 10.6. The van der Waals surface area contributed by atoms with E-state index in [0.717, 1.165) is 10.9 Å². The lowest BCUT2D eigenvalue weighted by Crippen LogP contribution is -1.75. The largest absolute Gasteiger partial charge is 0.232 e. The molecule has 1 nitrogen and oxygen atoms in total. The van der Waals surface area contributed by atoms with Gasteiger partial charge in [0.25, 0.3) is 0 Å². The Morgan fingerprint density at radius 1 is 1.27 bits per heavy atom. The average Bonchev–Trinajstić information content (AvgIpc) is 2.47. The number of benzene rings is 1. The summed E-state index contributed by atoms with van der Waals surface area (Å²) in [7, 11) is 0. The fraction of sp³-hybridized carbons (Fsp3) is 0.111. The van der Waals surface area contributed by atoms with E-state index in [2.05, 4.69) is 0 Å². The van der Waals surface area contributed by atoms with Crippen molar-refractivity contribution in [1.82, 2.24) is 0 Å². The summed E-state index contributed by atoms with van der Waals surface area (Å²) in [5, 5.41) is 13.7. The molecule has 1 aromatic carbocycles. The van der Waals surface area contributed by atoms with Crippen LogP contribution in [0.25, 0.3) is 10.1 Å². The van der Waals surface area contributed by atoms with Gasteiger partial charge in [0.15, 0.2) is 0 Å². The van der Waals surface area contributed by atoms with Crippen molar-refractivity contribution in [3.63, 3.8) is 0 Å². The summed E-state index contributed by atoms with van der Waals surface area (Å²) in [6.07, 6.45) is 0. The minimum absolute atomic E-state index is 0.107. The molecule has 0 aliphatic rings. The second kappa shape index (κ2) is 2.64. The normalized spacial score (nSPS) is 10.6. The van der Waals surface area contributed by atoms with Crippen molar-refractivity contribution in [3.8, 4) is 0 Å².